The van der Waals surface area contributed by atoms with E-state index in [1.54, 1.807) is 0 Å². The minimum Gasteiger partial charge on any atom is -0.354 e. The average molecular weight is 265 g/mol. The van der Waals surface area contributed by atoms with E-state index in [4.69, 9.17) is 0 Å². The van der Waals surface area contributed by atoms with Crippen LogP contribution in [0.3, 0.4) is 0 Å². The third-order valence-electron chi connectivity index (χ3n) is 2.39. The largest absolute Gasteiger partial charge is 0.354 e. The topological polar surface area (TPSA) is 41.0 Å². The molecule has 0 amide bonds. The van der Waals surface area contributed by atoms with Gasteiger partial charge in [0, 0.05) is 37.9 Å². The van der Waals surface area contributed by atoms with Gasteiger partial charge in [-0.15, -0.1) is 24.8 Å². The molecule has 0 bridgehead atoms. The van der Waals surface area contributed by atoms with Crippen molar-refractivity contribution >= 4 is 30.6 Å². The summed E-state index contributed by atoms with van der Waals surface area (Å²) in [5.41, 5.74) is 1.05. The Morgan fingerprint density at radius 3 is 2.31 bits per heavy atom. The molecule has 2 rings (SSSR count). The molecule has 0 spiro atoms. The number of aryl methyl sites for hydroxylation is 2. The lowest BCUT2D eigenvalue weighted by atomic mass is 10.3. The average Bonchev–Trinajstić information content (AvgIpc) is 2.18. The van der Waals surface area contributed by atoms with Crippen LogP contribution in [0.25, 0.3) is 0 Å². The molecule has 1 N–H and O–H groups in total. The van der Waals surface area contributed by atoms with Crippen LogP contribution in [-0.4, -0.2) is 36.1 Å². The van der Waals surface area contributed by atoms with Gasteiger partial charge in [-0.1, -0.05) is 0 Å². The lowest BCUT2D eigenvalue weighted by Crippen LogP contribution is -2.44. The predicted molar refractivity (Wildman–Crippen MR) is 71.1 cm³/mol. The van der Waals surface area contributed by atoms with Gasteiger partial charge < -0.3 is 10.2 Å². The lowest BCUT2D eigenvalue weighted by molar-refractivity contribution is 0.583. The monoisotopic (exact) mass is 264 g/mol. The Labute approximate surface area is 109 Å². The molecule has 0 unspecified atom stereocenters. The normalized spacial score (nSPS) is 15.0. The van der Waals surface area contributed by atoms with E-state index in [-0.39, 0.29) is 24.8 Å². The van der Waals surface area contributed by atoms with Crippen LogP contribution in [0.5, 0.6) is 0 Å². The maximum atomic E-state index is 4.44. The van der Waals surface area contributed by atoms with Crippen LogP contribution >= 0.6 is 24.8 Å². The van der Waals surface area contributed by atoms with Gasteiger partial charge in [0.15, 0.2) is 0 Å². The van der Waals surface area contributed by atoms with Crippen LogP contribution in [0.2, 0.25) is 0 Å². The van der Waals surface area contributed by atoms with Crippen molar-refractivity contribution in [1.29, 1.82) is 0 Å². The van der Waals surface area contributed by atoms with Gasteiger partial charge in [0.2, 0.25) is 0 Å². The fourth-order valence-corrected chi connectivity index (χ4v) is 1.75. The maximum Gasteiger partial charge on any atom is 0.132 e. The summed E-state index contributed by atoms with van der Waals surface area (Å²) in [6.45, 7) is 8.12. The lowest BCUT2D eigenvalue weighted by Gasteiger charge is -2.28. The van der Waals surface area contributed by atoms with Gasteiger partial charge in [-0.3, -0.25) is 0 Å². The number of hydrogen-bond donors (Lipinski definition) is 1. The molecular weight excluding hydrogens is 247 g/mol. The number of nitrogens with zero attached hydrogens (tertiary/aromatic N) is 3. The summed E-state index contributed by atoms with van der Waals surface area (Å²) in [6, 6.07) is 2.05. The molecule has 1 aromatic rings. The van der Waals surface area contributed by atoms with Gasteiger partial charge in [0.1, 0.15) is 11.6 Å². The first-order valence-electron chi connectivity index (χ1n) is 5.03. The van der Waals surface area contributed by atoms with Crippen LogP contribution in [0.1, 0.15) is 11.5 Å². The molecule has 6 heteroatoms. The van der Waals surface area contributed by atoms with Crippen molar-refractivity contribution in [3.63, 3.8) is 0 Å². The van der Waals surface area contributed by atoms with E-state index < -0.39 is 0 Å². The molecule has 1 fully saturated rings. The van der Waals surface area contributed by atoms with Crippen molar-refractivity contribution in [2.45, 2.75) is 13.8 Å². The fourth-order valence-electron chi connectivity index (χ4n) is 1.75. The van der Waals surface area contributed by atoms with E-state index in [0.717, 1.165) is 43.5 Å². The minimum absolute atomic E-state index is 0. The molecule has 0 saturated carbocycles. The quantitative estimate of drug-likeness (QED) is 0.832. The van der Waals surface area contributed by atoms with Crippen LogP contribution < -0.4 is 10.2 Å². The van der Waals surface area contributed by atoms with Gasteiger partial charge in [-0.05, 0) is 13.8 Å². The van der Waals surface area contributed by atoms with Crippen molar-refractivity contribution in [2.75, 3.05) is 31.1 Å². The first-order valence-corrected chi connectivity index (χ1v) is 5.03. The molecule has 92 valence electrons. The second-order valence-corrected chi connectivity index (χ2v) is 3.65. The minimum atomic E-state index is 0. The number of nitrogens with one attached hydrogen (secondary N) is 1. The SMILES string of the molecule is Cc1cc(N2CCNCC2)nc(C)n1.Cl.Cl. The highest BCUT2D eigenvalue weighted by Gasteiger charge is 2.12. The highest BCUT2D eigenvalue weighted by atomic mass is 35.5. The van der Waals surface area contributed by atoms with Crippen LogP contribution in [-0.2, 0) is 0 Å². The highest BCUT2D eigenvalue weighted by molar-refractivity contribution is 5.85. The van der Waals surface area contributed by atoms with E-state index >= 15 is 0 Å². The Hall–Kier alpha value is -0.580. The molecular formula is C10H18Cl2N4. The Bertz CT molecular complexity index is 306. The van der Waals surface area contributed by atoms with Crippen LogP contribution in [0, 0.1) is 13.8 Å². The van der Waals surface area contributed by atoms with E-state index in [1.165, 1.54) is 0 Å². The summed E-state index contributed by atoms with van der Waals surface area (Å²) < 4.78 is 0. The Balaban J connectivity index is 0.00000112. The zero-order valence-electron chi connectivity index (χ0n) is 9.56. The van der Waals surface area contributed by atoms with Gasteiger partial charge >= 0.3 is 0 Å². The van der Waals surface area contributed by atoms with Crippen molar-refractivity contribution in [3.05, 3.63) is 17.6 Å². The van der Waals surface area contributed by atoms with Gasteiger partial charge in [0.05, 0.1) is 0 Å². The molecule has 2 heterocycles. The van der Waals surface area contributed by atoms with Crippen molar-refractivity contribution < 1.29 is 0 Å². The van der Waals surface area contributed by atoms with E-state index in [2.05, 4.69) is 26.3 Å². The molecule has 4 nitrogen and oxygen atoms in total. The zero-order valence-corrected chi connectivity index (χ0v) is 11.2. The van der Waals surface area contributed by atoms with Crippen LogP contribution in [0.15, 0.2) is 6.07 Å². The molecule has 0 atom stereocenters. The van der Waals surface area contributed by atoms with Crippen molar-refractivity contribution in [1.82, 2.24) is 15.3 Å². The number of aromatic nitrogens is 2. The summed E-state index contributed by atoms with van der Waals surface area (Å²) >= 11 is 0. The number of hydrogen-bond acceptors (Lipinski definition) is 4. The highest BCUT2D eigenvalue weighted by Crippen LogP contribution is 2.12. The summed E-state index contributed by atoms with van der Waals surface area (Å²) in [5, 5.41) is 3.33. The second-order valence-electron chi connectivity index (χ2n) is 3.65. The number of halogens is 2. The molecule has 1 aromatic heterocycles. The Morgan fingerprint density at radius 1 is 1.12 bits per heavy atom. The molecule has 0 aliphatic carbocycles. The third kappa shape index (κ3) is 3.77. The smallest absolute Gasteiger partial charge is 0.132 e. The predicted octanol–water partition coefficient (Wildman–Crippen LogP) is 1.35. The summed E-state index contributed by atoms with van der Waals surface area (Å²) in [6.07, 6.45) is 0. The molecule has 1 aliphatic rings. The number of piperazine rings is 1. The van der Waals surface area contributed by atoms with Crippen LogP contribution in [0.4, 0.5) is 5.82 Å². The second kappa shape index (κ2) is 6.89. The summed E-state index contributed by atoms with van der Waals surface area (Å²) in [5.74, 6) is 1.93. The van der Waals surface area contributed by atoms with E-state index in [9.17, 15) is 0 Å². The third-order valence-corrected chi connectivity index (χ3v) is 2.39. The molecule has 1 saturated heterocycles. The van der Waals surface area contributed by atoms with Gasteiger partial charge in [-0.2, -0.15) is 0 Å². The zero-order chi connectivity index (χ0) is 9.97. The first kappa shape index (κ1) is 15.4. The summed E-state index contributed by atoms with van der Waals surface area (Å²) in [4.78, 5) is 11.0. The van der Waals surface area contributed by atoms with E-state index in [0.29, 0.717) is 0 Å². The fraction of sp³-hybridized carbons (Fsp3) is 0.600. The molecule has 1 aliphatic heterocycles. The van der Waals surface area contributed by atoms with E-state index in [1.807, 2.05) is 13.8 Å². The Morgan fingerprint density at radius 2 is 1.75 bits per heavy atom. The van der Waals surface area contributed by atoms with Gasteiger partial charge in [-0.25, -0.2) is 9.97 Å². The van der Waals surface area contributed by atoms with Crippen molar-refractivity contribution in [3.8, 4) is 0 Å². The number of anilines is 1. The molecule has 0 aromatic carbocycles. The number of rotatable bonds is 1. The van der Waals surface area contributed by atoms with Gasteiger partial charge in [0.25, 0.3) is 0 Å². The molecule has 0 radical (unpaired) electrons. The maximum absolute atomic E-state index is 4.44. The van der Waals surface area contributed by atoms with Crippen molar-refractivity contribution in [2.24, 2.45) is 0 Å². The molecule has 16 heavy (non-hydrogen) atoms. The summed E-state index contributed by atoms with van der Waals surface area (Å²) in [7, 11) is 0. The first-order chi connectivity index (χ1) is 6.75. The Kier molecular flexibility index (Phi) is 6.64. The standard InChI is InChI=1S/C10H16N4.2ClH/c1-8-7-10(13-9(2)12-8)14-5-3-11-4-6-14;;/h7,11H,3-6H2,1-2H3;2*1H.